The van der Waals surface area contributed by atoms with Gasteiger partial charge in [-0.1, -0.05) is 19.4 Å². The number of fused-ring (bicyclic) bond motifs is 1. The average molecular weight is 342 g/mol. The predicted molar refractivity (Wildman–Crippen MR) is 97.2 cm³/mol. The van der Waals surface area contributed by atoms with Crippen LogP contribution < -0.4 is 0 Å². The first kappa shape index (κ1) is 17.5. The summed E-state index contributed by atoms with van der Waals surface area (Å²) < 4.78 is 0. The fourth-order valence-corrected chi connectivity index (χ4v) is 3.27. The van der Waals surface area contributed by atoms with E-state index in [1.54, 1.807) is 0 Å². The Kier molecular flexibility index (Phi) is 5.36. The molecule has 134 valence electrons. The van der Waals surface area contributed by atoms with Crippen molar-refractivity contribution in [3.8, 4) is 0 Å². The van der Waals surface area contributed by atoms with Crippen molar-refractivity contribution in [2.45, 2.75) is 39.5 Å². The molecular weight excluding hydrogens is 316 g/mol. The van der Waals surface area contributed by atoms with Gasteiger partial charge in [0.2, 0.25) is 11.8 Å². The van der Waals surface area contributed by atoms with Crippen LogP contribution in [0.25, 0.3) is 11.0 Å². The van der Waals surface area contributed by atoms with Crippen LogP contribution in [0.3, 0.4) is 0 Å². The maximum Gasteiger partial charge on any atom is 0.227 e. The van der Waals surface area contributed by atoms with E-state index in [4.69, 9.17) is 0 Å². The molecule has 1 saturated heterocycles. The van der Waals surface area contributed by atoms with Gasteiger partial charge < -0.3 is 14.8 Å². The molecule has 2 amide bonds. The number of amides is 2. The first-order valence-corrected chi connectivity index (χ1v) is 9.07. The van der Waals surface area contributed by atoms with Crippen LogP contribution in [-0.4, -0.2) is 57.8 Å². The Hall–Kier alpha value is -2.37. The van der Waals surface area contributed by atoms with Crippen LogP contribution >= 0.6 is 0 Å². The molecule has 6 nitrogen and oxygen atoms in total. The van der Waals surface area contributed by atoms with Gasteiger partial charge in [-0.2, -0.15) is 0 Å². The van der Waals surface area contributed by atoms with Gasteiger partial charge in [0.15, 0.2) is 0 Å². The van der Waals surface area contributed by atoms with Gasteiger partial charge in [0.25, 0.3) is 0 Å². The number of nitrogens with one attached hydrogen (secondary N) is 1. The van der Waals surface area contributed by atoms with Crippen LogP contribution in [0.2, 0.25) is 0 Å². The first-order valence-electron chi connectivity index (χ1n) is 9.07. The largest absolute Gasteiger partial charge is 0.342 e. The lowest BCUT2D eigenvalue weighted by molar-refractivity contribution is -0.139. The van der Waals surface area contributed by atoms with Gasteiger partial charge in [-0.05, 0) is 31.0 Å². The van der Waals surface area contributed by atoms with Gasteiger partial charge in [-0.25, -0.2) is 4.98 Å². The maximum absolute atomic E-state index is 12.6. The number of carbonyl (C=O) groups is 2. The van der Waals surface area contributed by atoms with E-state index in [0.717, 1.165) is 35.3 Å². The van der Waals surface area contributed by atoms with Gasteiger partial charge in [0.05, 0.1) is 17.5 Å². The second-order valence-electron chi connectivity index (χ2n) is 6.72. The molecule has 6 heteroatoms. The summed E-state index contributed by atoms with van der Waals surface area (Å²) in [6.45, 7) is 6.56. The van der Waals surface area contributed by atoms with E-state index in [2.05, 4.69) is 16.9 Å². The highest BCUT2D eigenvalue weighted by molar-refractivity contribution is 5.82. The molecule has 1 N–H and O–H groups in total. The minimum Gasteiger partial charge on any atom is -0.342 e. The van der Waals surface area contributed by atoms with Crippen molar-refractivity contribution in [1.82, 2.24) is 19.8 Å². The van der Waals surface area contributed by atoms with Gasteiger partial charge in [-0.3, -0.25) is 9.59 Å². The number of rotatable bonds is 5. The molecule has 0 aliphatic carbocycles. The van der Waals surface area contributed by atoms with E-state index in [1.807, 2.05) is 34.9 Å². The summed E-state index contributed by atoms with van der Waals surface area (Å²) in [5, 5.41) is 0. The van der Waals surface area contributed by atoms with Crippen LogP contribution in [0.15, 0.2) is 18.2 Å². The Morgan fingerprint density at radius 2 is 1.80 bits per heavy atom. The molecule has 0 bridgehead atoms. The minimum absolute atomic E-state index is 0.122. The number of piperazine rings is 1. The highest BCUT2D eigenvalue weighted by Gasteiger charge is 2.23. The fourth-order valence-electron chi connectivity index (χ4n) is 3.27. The molecule has 1 fully saturated rings. The topological polar surface area (TPSA) is 69.3 Å². The van der Waals surface area contributed by atoms with E-state index in [1.165, 1.54) is 0 Å². The molecule has 3 rings (SSSR count). The smallest absolute Gasteiger partial charge is 0.227 e. The summed E-state index contributed by atoms with van der Waals surface area (Å²) in [6.07, 6.45) is 2.98. The van der Waals surface area contributed by atoms with Gasteiger partial charge in [-0.15, -0.1) is 0 Å². The first-order chi connectivity index (χ1) is 12.1. The third-order valence-corrected chi connectivity index (χ3v) is 4.75. The monoisotopic (exact) mass is 342 g/mol. The zero-order valence-electron chi connectivity index (χ0n) is 15.0. The number of aromatic nitrogens is 2. The van der Waals surface area contributed by atoms with Crippen molar-refractivity contribution in [2.75, 3.05) is 26.2 Å². The van der Waals surface area contributed by atoms with Crippen molar-refractivity contribution in [1.29, 1.82) is 0 Å². The Bertz CT molecular complexity index is 760. The summed E-state index contributed by atoms with van der Waals surface area (Å²) in [5.74, 6) is 1.22. The van der Waals surface area contributed by atoms with E-state index in [-0.39, 0.29) is 11.8 Å². The predicted octanol–water partition coefficient (Wildman–Crippen LogP) is 2.27. The molecule has 1 aliphatic rings. The molecule has 0 saturated carbocycles. The third kappa shape index (κ3) is 4.18. The Morgan fingerprint density at radius 1 is 1.12 bits per heavy atom. The minimum atomic E-state index is 0.122. The van der Waals surface area contributed by atoms with Crippen molar-refractivity contribution >= 4 is 22.8 Å². The number of benzene rings is 1. The molecule has 25 heavy (non-hydrogen) atoms. The van der Waals surface area contributed by atoms with Crippen molar-refractivity contribution < 1.29 is 9.59 Å². The van der Waals surface area contributed by atoms with Crippen LogP contribution in [0.1, 0.15) is 37.6 Å². The highest BCUT2D eigenvalue weighted by atomic mass is 16.2. The number of H-pyrrole nitrogens is 1. The third-order valence-electron chi connectivity index (χ3n) is 4.75. The lowest BCUT2D eigenvalue weighted by Gasteiger charge is -2.35. The number of unbranched alkanes of at least 4 members (excludes halogenated alkanes) is 1. The molecule has 1 aliphatic heterocycles. The molecule has 0 unspecified atom stereocenters. The quantitative estimate of drug-likeness (QED) is 0.906. The average Bonchev–Trinajstić information content (AvgIpc) is 2.99. The molecule has 1 aromatic carbocycles. The molecule has 1 aromatic heterocycles. The molecular formula is C19H26N4O2. The Morgan fingerprint density at radius 3 is 2.48 bits per heavy atom. The normalized spacial score (nSPS) is 15.0. The number of aryl methyl sites for hydroxylation is 1. The van der Waals surface area contributed by atoms with E-state index < -0.39 is 0 Å². The summed E-state index contributed by atoms with van der Waals surface area (Å²) in [7, 11) is 0. The lowest BCUT2D eigenvalue weighted by Crippen LogP contribution is -2.50. The molecule has 0 radical (unpaired) electrons. The van der Waals surface area contributed by atoms with E-state index in [0.29, 0.717) is 39.0 Å². The molecule has 0 spiro atoms. The number of imidazole rings is 1. The second kappa shape index (κ2) is 7.68. The number of hydrogen-bond acceptors (Lipinski definition) is 3. The Balaban J connectivity index is 1.54. The van der Waals surface area contributed by atoms with Crippen LogP contribution in [0.4, 0.5) is 0 Å². The fraction of sp³-hybridized carbons (Fsp3) is 0.526. The summed E-state index contributed by atoms with van der Waals surface area (Å²) in [6, 6.07) is 5.91. The van der Waals surface area contributed by atoms with Crippen molar-refractivity contribution in [3.05, 3.63) is 29.6 Å². The summed E-state index contributed by atoms with van der Waals surface area (Å²) in [4.78, 5) is 36.0. The van der Waals surface area contributed by atoms with E-state index >= 15 is 0 Å². The standard InChI is InChI=1S/C19H26N4O2/c1-3-4-5-18(24)22-8-10-23(11-9-22)19(25)13-15-6-7-16-17(12-15)21-14(2)20-16/h6-7,12H,3-5,8-11,13H2,1-2H3,(H,20,21). The number of hydrogen-bond donors (Lipinski definition) is 1. The summed E-state index contributed by atoms with van der Waals surface area (Å²) >= 11 is 0. The van der Waals surface area contributed by atoms with Gasteiger partial charge in [0.1, 0.15) is 5.82 Å². The number of nitrogens with zero attached hydrogens (tertiary/aromatic N) is 3. The Labute approximate surface area is 148 Å². The van der Waals surface area contributed by atoms with Crippen molar-refractivity contribution in [3.63, 3.8) is 0 Å². The lowest BCUT2D eigenvalue weighted by atomic mass is 10.1. The SMILES string of the molecule is CCCCC(=O)N1CCN(C(=O)Cc2ccc3nc(C)[nH]c3c2)CC1. The zero-order valence-corrected chi connectivity index (χ0v) is 15.0. The maximum atomic E-state index is 12.6. The molecule has 2 heterocycles. The van der Waals surface area contributed by atoms with Crippen LogP contribution in [0, 0.1) is 6.92 Å². The number of aromatic amines is 1. The van der Waals surface area contributed by atoms with Gasteiger partial charge >= 0.3 is 0 Å². The van der Waals surface area contributed by atoms with Crippen molar-refractivity contribution in [2.24, 2.45) is 0 Å². The van der Waals surface area contributed by atoms with Crippen LogP contribution in [-0.2, 0) is 16.0 Å². The van der Waals surface area contributed by atoms with Crippen LogP contribution in [0.5, 0.6) is 0 Å². The molecule has 0 atom stereocenters. The molecule has 2 aromatic rings. The van der Waals surface area contributed by atoms with Gasteiger partial charge in [0, 0.05) is 32.6 Å². The highest BCUT2D eigenvalue weighted by Crippen LogP contribution is 2.15. The second-order valence-corrected chi connectivity index (χ2v) is 6.72. The zero-order chi connectivity index (χ0) is 17.8. The number of carbonyl (C=O) groups excluding carboxylic acids is 2. The van der Waals surface area contributed by atoms with E-state index in [9.17, 15) is 9.59 Å². The summed E-state index contributed by atoms with van der Waals surface area (Å²) in [5.41, 5.74) is 2.88.